The maximum absolute atomic E-state index is 12.8. The van der Waals surface area contributed by atoms with Crippen LogP contribution in [0.2, 0.25) is 0 Å². The summed E-state index contributed by atoms with van der Waals surface area (Å²) < 4.78 is 6.08. The largest absolute Gasteiger partial charge is 0.296 e. The second-order valence-electron chi connectivity index (χ2n) is 7.40. The Kier molecular flexibility index (Phi) is 3.73. The molecule has 0 saturated carbocycles. The summed E-state index contributed by atoms with van der Waals surface area (Å²) in [5.41, 5.74) is 2.79. The normalized spacial score (nSPS) is 15.5. The fraction of sp³-hybridized carbons (Fsp3) is 0.350. The van der Waals surface area contributed by atoms with Gasteiger partial charge in [-0.25, -0.2) is 4.98 Å². The molecule has 0 fully saturated rings. The number of rotatable bonds is 0. The molecular weight excluding hydrogens is 330 g/mol. The summed E-state index contributed by atoms with van der Waals surface area (Å²) in [5.74, 6) is 7.17. The molecule has 4 nitrogen and oxygen atoms in total. The standard InChI is InChI=1S/C20H19N3OS/c1-13-10-15(25-22-13)6-4-14-5-7-16-17(11-14)21-18-8-9-20(2,3)12-23(18)19(16)24/h5,7,10-11H,8-9,12H2,1-3H3. The average molecular weight is 349 g/mol. The molecule has 0 atom stereocenters. The molecule has 4 rings (SSSR count). The Labute approximate surface area is 150 Å². The van der Waals surface area contributed by atoms with Gasteiger partial charge in [0.15, 0.2) is 0 Å². The van der Waals surface area contributed by atoms with E-state index in [-0.39, 0.29) is 11.0 Å². The Balaban J connectivity index is 1.77. The van der Waals surface area contributed by atoms with E-state index in [2.05, 4.69) is 30.1 Å². The van der Waals surface area contributed by atoms with E-state index in [0.717, 1.165) is 46.9 Å². The van der Waals surface area contributed by atoms with Crippen molar-refractivity contribution >= 4 is 22.4 Å². The SMILES string of the molecule is Cc1cc(C#Cc2ccc3c(=O)n4c(nc3c2)CCC(C)(C)C4)sn1. The molecule has 0 aliphatic carbocycles. The third-order valence-corrected chi connectivity index (χ3v) is 5.40. The molecule has 126 valence electrons. The van der Waals surface area contributed by atoms with Crippen molar-refractivity contribution in [1.82, 2.24) is 13.9 Å². The van der Waals surface area contributed by atoms with Crippen LogP contribution in [-0.2, 0) is 13.0 Å². The van der Waals surface area contributed by atoms with Crippen molar-refractivity contribution < 1.29 is 0 Å². The lowest BCUT2D eigenvalue weighted by Crippen LogP contribution is -2.36. The zero-order valence-corrected chi connectivity index (χ0v) is 15.4. The van der Waals surface area contributed by atoms with Crippen LogP contribution in [0, 0.1) is 24.2 Å². The minimum atomic E-state index is 0.0605. The molecule has 0 saturated heterocycles. The first-order valence-corrected chi connectivity index (χ1v) is 9.17. The molecule has 0 spiro atoms. The fourth-order valence-corrected chi connectivity index (χ4v) is 3.83. The van der Waals surface area contributed by atoms with Gasteiger partial charge in [0.1, 0.15) is 5.82 Å². The molecule has 0 bridgehead atoms. The summed E-state index contributed by atoms with van der Waals surface area (Å²) in [6, 6.07) is 7.63. The van der Waals surface area contributed by atoms with E-state index < -0.39 is 0 Å². The first kappa shape index (κ1) is 16.0. The van der Waals surface area contributed by atoms with E-state index in [1.54, 1.807) is 0 Å². The van der Waals surface area contributed by atoms with Gasteiger partial charge in [0.25, 0.3) is 5.56 Å². The molecule has 0 unspecified atom stereocenters. The highest BCUT2D eigenvalue weighted by Gasteiger charge is 2.27. The molecule has 5 heteroatoms. The Morgan fingerprint density at radius 2 is 2.08 bits per heavy atom. The first-order valence-electron chi connectivity index (χ1n) is 8.40. The molecule has 3 heterocycles. The van der Waals surface area contributed by atoms with Crippen molar-refractivity contribution in [1.29, 1.82) is 0 Å². The van der Waals surface area contributed by atoms with Gasteiger partial charge in [0.2, 0.25) is 0 Å². The van der Waals surface area contributed by atoms with Crippen molar-refractivity contribution in [3.63, 3.8) is 0 Å². The molecule has 0 amide bonds. The number of aromatic nitrogens is 3. The third kappa shape index (κ3) is 3.10. The van der Waals surface area contributed by atoms with Crippen LogP contribution in [0.5, 0.6) is 0 Å². The maximum atomic E-state index is 12.8. The Bertz CT molecular complexity index is 1100. The van der Waals surface area contributed by atoms with Crippen LogP contribution >= 0.6 is 11.5 Å². The van der Waals surface area contributed by atoms with Crippen LogP contribution in [0.4, 0.5) is 0 Å². The zero-order valence-electron chi connectivity index (χ0n) is 14.6. The number of benzene rings is 1. The summed E-state index contributed by atoms with van der Waals surface area (Å²) in [7, 11) is 0. The molecule has 1 aromatic carbocycles. The predicted molar refractivity (Wildman–Crippen MR) is 101 cm³/mol. The van der Waals surface area contributed by atoms with Crippen LogP contribution in [0.1, 0.15) is 42.2 Å². The van der Waals surface area contributed by atoms with Crippen molar-refractivity contribution in [2.45, 2.75) is 40.2 Å². The number of aryl methyl sites for hydroxylation is 2. The molecule has 1 aliphatic rings. The summed E-state index contributed by atoms with van der Waals surface area (Å²) >= 11 is 1.40. The van der Waals surface area contributed by atoms with E-state index in [9.17, 15) is 4.79 Å². The number of nitrogens with zero attached hydrogens (tertiary/aromatic N) is 3. The van der Waals surface area contributed by atoms with Gasteiger partial charge in [0, 0.05) is 18.5 Å². The van der Waals surface area contributed by atoms with E-state index >= 15 is 0 Å². The molecule has 0 N–H and O–H groups in total. The Morgan fingerprint density at radius 1 is 1.24 bits per heavy atom. The second kappa shape index (κ2) is 5.82. The van der Waals surface area contributed by atoms with Crippen molar-refractivity contribution in [2.24, 2.45) is 5.41 Å². The third-order valence-electron chi connectivity index (χ3n) is 4.60. The lowest BCUT2D eigenvalue weighted by atomic mass is 9.85. The summed E-state index contributed by atoms with van der Waals surface area (Å²) in [6.07, 6.45) is 1.89. The topological polar surface area (TPSA) is 47.8 Å². The molecule has 3 aromatic rings. The lowest BCUT2D eigenvalue weighted by molar-refractivity contribution is 0.240. The Morgan fingerprint density at radius 3 is 2.84 bits per heavy atom. The van der Waals surface area contributed by atoms with Crippen molar-refractivity contribution in [3.8, 4) is 11.8 Å². The van der Waals surface area contributed by atoms with Gasteiger partial charge in [-0.3, -0.25) is 9.36 Å². The second-order valence-corrected chi connectivity index (χ2v) is 8.20. The molecule has 2 aromatic heterocycles. The van der Waals surface area contributed by atoms with Crippen LogP contribution < -0.4 is 5.56 Å². The van der Waals surface area contributed by atoms with Gasteiger partial charge in [-0.15, -0.1) is 0 Å². The first-order chi connectivity index (χ1) is 11.9. The minimum absolute atomic E-state index is 0.0605. The smallest absolute Gasteiger partial charge is 0.261 e. The predicted octanol–water partition coefficient (Wildman–Crippen LogP) is 3.53. The van der Waals surface area contributed by atoms with Gasteiger partial charge in [-0.2, -0.15) is 4.37 Å². The maximum Gasteiger partial charge on any atom is 0.261 e. The van der Waals surface area contributed by atoms with E-state index in [1.807, 2.05) is 35.8 Å². The van der Waals surface area contributed by atoms with Crippen LogP contribution in [-0.4, -0.2) is 13.9 Å². The highest BCUT2D eigenvalue weighted by molar-refractivity contribution is 7.06. The number of fused-ring (bicyclic) bond motifs is 2. The molecular formula is C20H19N3OS. The van der Waals surface area contributed by atoms with Gasteiger partial charge in [-0.1, -0.05) is 19.8 Å². The average Bonchev–Trinajstić information content (AvgIpc) is 2.99. The van der Waals surface area contributed by atoms with Gasteiger partial charge >= 0.3 is 0 Å². The minimum Gasteiger partial charge on any atom is -0.296 e. The van der Waals surface area contributed by atoms with Gasteiger partial charge in [-0.05, 0) is 60.5 Å². The van der Waals surface area contributed by atoms with E-state index in [4.69, 9.17) is 4.98 Å². The zero-order chi connectivity index (χ0) is 17.6. The molecule has 25 heavy (non-hydrogen) atoms. The van der Waals surface area contributed by atoms with Gasteiger partial charge < -0.3 is 0 Å². The van der Waals surface area contributed by atoms with Crippen molar-refractivity contribution in [3.05, 3.63) is 56.6 Å². The molecule has 1 aliphatic heterocycles. The fourth-order valence-electron chi connectivity index (χ4n) is 3.21. The molecule has 0 radical (unpaired) electrons. The van der Waals surface area contributed by atoms with E-state index in [1.165, 1.54) is 11.5 Å². The van der Waals surface area contributed by atoms with E-state index in [0.29, 0.717) is 5.39 Å². The highest BCUT2D eigenvalue weighted by Crippen LogP contribution is 2.29. The highest BCUT2D eigenvalue weighted by atomic mass is 32.1. The summed E-state index contributed by atoms with van der Waals surface area (Å²) in [6.45, 7) is 7.09. The number of hydrogen-bond acceptors (Lipinski definition) is 4. The number of hydrogen-bond donors (Lipinski definition) is 0. The Hall–Kier alpha value is -2.45. The van der Waals surface area contributed by atoms with Crippen LogP contribution in [0.15, 0.2) is 29.1 Å². The lowest BCUT2D eigenvalue weighted by Gasteiger charge is -2.31. The van der Waals surface area contributed by atoms with Crippen molar-refractivity contribution in [2.75, 3.05) is 0 Å². The summed E-state index contributed by atoms with van der Waals surface area (Å²) in [4.78, 5) is 18.5. The van der Waals surface area contributed by atoms with Gasteiger partial charge in [0.05, 0.1) is 21.5 Å². The monoisotopic (exact) mass is 349 g/mol. The van der Waals surface area contributed by atoms with Crippen LogP contribution in [0.25, 0.3) is 10.9 Å². The van der Waals surface area contributed by atoms with Crippen LogP contribution in [0.3, 0.4) is 0 Å². The summed E-state index contributed by atoms with van der Waals surface area (Å²) in [5, 5.41) is 0.667. The quantitative estimate of drug-likeness (QED) is 0.583.